The van der Waals surface area contributed by atoms with Crippen LogP contribution in [0.1, 0.15) is 17.4 Å². The highest BCUT2D eigenvalue weighted by Gasteiger charge is 2.11. The highest BCUT2D eigenvalue weighted by Crippen LogP contribution is 2.16. The average Bonchev–Trinajstić information content (AvgIpc) is 2.74. The largest absolute Gasteiger partial charge is 0.398 e. The first-order valence-electron chi connectivity index (χ1n) is 4.56. The third-order valence-corrected chi connectivity index (χ3v) is 2.17. The van der Waals surface area contributed by atoms with E-state index >= 15 is 0 Å². The van der Waals surface area contributed by atoms with Crippen molar-refractivity contribution in [3.05, 3.63) is 36.2 Å². The lowest BCUT2D eigenvalue weighted by Gasteiger charge is -2.09. The van der Waals surface area contributed by atoms with Crippen molar-refractivity contribution < 1.29 is 0 Å². The number of rotatable bonds is 3. The molecule has 2 aromatic rings. The smallest absolute Gasteiger partial charge is 0.141 e. The minimum atomic E-state index is -0.237. The van der Waals surface area contributed by atoms with Gasteiger partial charge in [0.25, 0.3) is 0 Å². The molecule has 0 spiro atoms. The van der Waals surface area contributed by atoms with E-state index in [0.717, 1.165) is 5.56 Å². The van der Waals surface area contributed by atoms with Crippen molar-refractivity contribution in [3.63, 3.8) is 0 Å². The first kappa shape index (κ1) is 9.60. The van der Waals surface area contributed by atoms with Crippen LogP contribution in [-0.4, -0.2) is 20.2 Å². The third kappa shape index (κ3) is 2.10. The van der Waals surface area contributed by atoms with Gasteiger partial charge in [-0.15, -0.1) is 0 Å². The molecular formula is C9H12N6. The molecule has 78 valence electrons. The van der Waals surface area contributed by atoms with Crippen molar-refractivity contribution in [2.24, 2.45) is 5.73 Å². The molecule has 0 aliphatic rings. The van der Waals surface area contributed by atoms with Gasteiger partial charge in [0.2, 0.25) is 0 Å². The molecule has 0 aliphatic carbocycles. The lowest BCUT2D eigenvalue weighted by Crippen LogP contribution is -2.16. The zero-order chi connectivity index (χ0) is 10.7. The fourth-order valence-electron chi connectivity index (χ4n) is 1.34. The Balaban J connectivity index is 2.13. The molecule has 2 aromatic heterocycles. The molecule has 2 rings (SSSR count). The normalized spacial score (nSPS) is 12.6. The molecule has 15 heavy (non-hydrogen) atoms. The number of nitrogen functional groups attached to an aromatic ring is 1. The van der Waals surface area contributed by atoms with Crippen LogP contribution in [0.25, 0.3) is 0 Å². The van der Waals surface area contributed by atoms with Gasteiger partial charge in [0, 0.05) is 18.1 Å². The van der Waals surface area contributed by atoms with Crippen molar-refractivity contribution in [2.75, 3.05) is 5.73 Å². The second-order valence-corrected chi connectivity index (χ2v) is 3.26. The summed E-state index contributed by atoms with van der Waals surface area (Å²) >= 11 is 0. The minimum Gasteiger partial charge on any atom is -0.398 e. The lowest BCUT2D eigenvalue weighted by molar-refractivity contribution is 0.670. The van der Waals surface area contributed by atoms with E-state index in [2.05, 4.69) is 20.2 Å². The summed E-state index contributed by atoms with van der Waals surface area (Å²) in [5, 5.41) is 6.47. The summed E-state index contributed by atoms with van der Waals surface area (Å²) in [7, 11) is 0. The number of H-pyrrole nitrogens is 1. The average molecular weight is 204 g/mol. The van der Waals surface area contributed by atoms with Gasteiger partial charge in [0.1, 0.15) is 12.2 Å². The van der Waals surface area contributed by atoms with E-state index in [1.807, 2.05) is 0 Å². The maximum Gasteiger partial charge on any atom is 0.141 e. The van der Waals surface area contributed by atoms with E-state index < -0.39 is 0 Å². The summed E-state index contributed by atoms with van der Waals surface area (Å²) in [6.45, 7) is 0. The van der Waals surface area contributed by atoms with E-state index in [9.17, 15) is 0 Å². The molecular weight excluding hydrogens is 192 g/mol. The van der Waals surface area contributed by atoms with Crippen molar-refractivity contribution >= 4 is 5.69 Å². The molecule has 0 radical (unpaired) electrons. The van der Waals surface area contributed by atoms with Gasteiger partial charge < -0.3 is 11.5 Å². The first-order chi connectivity index (χ1) is 7.27. The topological polar surface area (TPSA) is 106 Å². The van der Waals surface area contributed by atoms with Gasteiger partial charge in [0.15, 0.2) is 0 Å². The molecule has 0 saturated heterocycles. The van der Waals surface area contributed by atoms with Crippen LogP contribution in [0, 0.1) is 0 Å². The van der Waals surface area contributed by atoms with Crippen LogP contribution in [0.15, 0.2) is 24.8 Å². The molecule has 0 amide bonds. The van der Waals surface area contributed by atoms with Gasteiger partial charge in [-0.1, -0.05) is 0 Å². The van der Waals surface area contributed by atoms with Gasteiger partial charge in [-0.3, -0.25) is 10.1 Å². The Morgan fingerprint density at radius 2 is 2.33 bits per heavy atom. The molecule has 5 N–H and O–H groups in total. The van der Waals surface area contributed by atoms with E-state index in [1.165, 1.54) is 6.33 Å². The Morgan fingerprint density at radius 1 is 1.47 bits per heavy atom. The van der Waals surface area contributed by atoms with Gasteiger partial charge in [-0.2, -0.15) is 5.10 Å². The van der Waals surface area contributed by atoms with Crippen molar-refractivity contribution in [2.45, 2.75) is 12.5 Å². The van der Waals surface area contributed by atoms with Crippen molar-refractivity contribution in [1.29, 1.82) is 0 Å². The summed E-state index contributed by atoms with van der Waals surface area (Å²) in [6.07, 6.45) is 5.39. The van der Waals surface area contributed by atoms with Crippen LogP contribution >= 0.6 is 0 Å². The van der Waals surface area contributed by atoms with Crippen LogP contribution in [0.2, 0.25) is 0 Å². The maximum atomic E-state index is 5.92. The van der Waals surface area contributed by atoms with Crippen molar-refractivity contribution in [3.8, 4) is 0 Å². The molecule has 2 heterocycles. The number of anilines is 1. The summed E-state index contributed by atoms with van der Waals surface area (Å²) in [5.74, 6) is 0.651. The monoisotopic (exact) mass is 204 g/mol. The quantitative estimate of drug-likeness (QED) is 0.653. The summed E-state index contributed by atoms with van der Waals surface area (Å²) in [6, 6.07) is 1.52. The molecule has 0 bridgehead atoms. The van der Waals surface area contributed by atoms with Gasteiger partial charge in [-0.05, 0) is 18.1 Å². The summed E-state index contributed by atoms with van der Waals surface area (Å²) in [5.41, 5.74) is 13.3. The van der Waals surface area contributed by atoms with Crippen molar-refractivity contribution in [1.82, 2.24) is 20.2 Å². The zero-order valence-corrected chi connectivity index (χ0v) is 8.09. The van der Waals surface area contributed by atoms with E-state index in [4.69, 9.17) is 11.5 Å². The highest BCUT2D eigenvalue weighted by molar-refractivity contribution is 5.44. The van der Waals surface area contributed by atoms with Crippen LogP contribution < -0.4 is 11.5 Å². The number of nitrogens with two attached hydrogens (primary N) is 2. The Bertz CT molecular complexity index is 424. The zero-order valence-electron chi connectivity index (χ0n) is 8.09. The molecule has 6 heteroatoms. The molecule has 6 nitrogen and oxygen atoms in total. The second-order valence-electron chi connectivity index (χ2n) is 3.26. The van der Waals surface area contributed by atoms with Crippen LogP contribution in [-0.2, 0) is 6.42 Å². The van der Waals surface area contributed by atoms with E-state index in [-0.39, 0.29) is 6.04 Å². The van der Waals surface area contributed by atoms with Gasteiger partial charge >= 0.3 is 0 Å². The Morgan fingerprint density at radius 3 is 3.00 bits per heavy atom. The second kappa shape index (κ2) is 4.05. The summed E-state index contributed by atoms with van der Waals surface area (Å²) < 4.78 is 0. The molecule has 1 atom stereocenters. The predicted octanol–water partition coefficient (Wildman–Crippen LogP) is 0.0244. The predicted molar refractivity (Wildman–Crippen MR) is 55.7 cm³/mol. The van der Waals surface area contributed by atoms with Crippen LogP contribution in [0.4, 0.5) is 5.69 Å². The number of nitrogens with zero attached hydrogens (tertiary/aromatic N) is 3. The van der Waals surface area contributed by atoms with E-state index in [0.29, 0.717) is 17.9 Å². The fraction of sp³-hybridized carbons (Fsp3) is 0.222. The SMILES string of the molecule is Nc1ccncc1CC(N)c1ncn[nH]1. The van der Waals surface area contributed by atoms with E-state index in [1.54, 1.807) is 18.5 Å². The molecule has 0 aliphatic heterocycles. The van der Waals surface area contributed by atoms with Crippen LogP contribution in [0.5, 0.6) is 0 Å². The Hall–Kier alpha value is -1.95. The number of aromatic nitrogens is 4. The highest BCUT2D eigenvalue weighted by atomic mass is 15.2. The first-order valence-corrected chi connectivity index (χ1v) is 4.56. The number of nitrogens with one attached hydrogen (secondary N) is 1. The van der Waals surface area contributed by atoms with Gasteiger partial charge in [-0.25, -0.2) is 4.98 Å². The Labute approximate surface area is 86.7 Å². The Kier molecular flexibility index (Phi) is 2.59. The lowest BCUT2D eigenvalue weighted by atomic mass is 10.1. The molecule has 0 aromatic carbocycles. The van der Waals surface area contributed by atoms with Gasteiger partial charge in [0.05, 0.1) is 6.04 Å². The molecule has 0 saturated carbocycles. The maximum absolute atomic E-state index is 5.92. The fourth-order valence-corrected chi connectivity index (χ4v) is 1.34. The number of aromatic amines is 1. The minimum absolute atomic E-state index is 0.237. The number of hydrogen-bond donors (Lipinski definition) is 3. The summed E-state index contributed by atoms with van der Waals surface area (Å²) in [4.78, 5) is 7.99. The molecule has 0 fully saturated rings. The standard InChI is InChI=1S/C9H12N6/c10-7-1-2-12-4-6(7)3-8(11)9-13-5-14-15-9/h1-2,4-5,8H,3,11H2,(H2,10,12)(H,13,14,15). The number of hydrogen-bond acceptors (Lipinski definition) is 5. The van der Waals surface area contributed by atoms with Crippen LogP contribution in [0.3, 0.4) is 0 Å². The number of pyridine rings is 1. The molecule has 1 unspecified atom stereocenters. The third-order valence-electron chi connectivity index (χ3n) is 2.17.